The van der Waals surface area contributed by atoms with Gasteiger partial charge in [-0.25, -0.2) is 120 Å². The third kappa shape index (κ3) is 26.6. The van der Waals surface area contributed by atoms with E-state index in [4.69, 9.17) is 16.3 Å². The molecule has 30 nitrogen and oxygen atoms in total. The van der Waals surface area contributed by atoms with Gasteiger partial charge in [0.15, 0.2) is 17.3 Å². The number of carbonyl (C=O) groups is 4. The predicted octanol–water partition coefficient (Wildman–Crippen LogP) is 15.2. The van der Waals surface area contributed by atoms with Gasteiger partial charge in [-0.05, 0) is 187 Å². The standard InChI is InChI=1S/C24H20F5N3O4S.C23H19ClF4N4O3S.C23H19F5N4O3S.C22H20F5N5O4S/c25-16-2-4-18(5-3-16)37(35,36)32-13-17(26)11-21(32)23(34)31-12-14-7-8-30-20(9-14)19-6-1-15(10-22(19)33)24(27,28)29;24-21-8-13(7-19(31-21)14-1-6-18(22(27)28)29-11-14)10-30-23(33)20-9-16(26)12-32(20)36(34,35)17-4-2-15(25)3-5-17;24-14-2-4-17(5-3-14)36(34,35)32-11-15(25)8-21(32)23(33)29-10-16-9-20(31-12-30-16)13-1-6-18(22(27)28)19(26)7-13;1-36-21-13(11-31(30-21)20-10-28-19(9-29-20)22(25,26)27)2-7-18(33)17-8-15(24)12-32(17)37(34,35)16-5-3-14(23)4-6-16/h1-10,17,21,33H,11-13H2,(H,31,34);1-8,11,16,20,22H,9-10,12H2,(H,30,33);1-7,9,12,15,21-22H,8,10-11H2,(H,29,33);3-6,9-11,15,17H,2,7-8,12H2,1H3/t17-,21+;16-,20+;15-,21+;15-,17+/m1111/s1. The number of nitrogens with one attached hydrogen (secondary N) is 3. The van der Waals surface area contributed by atoms with Gasteiger partial charge in [-0.2, -0.15) is 43.6 Å². The third-order valence-corrected chi connectivity index (χ3v) is 30.5. The summed E-state index contributed by atoms with van der Waals surface area (Å²) in [5.74, 6) is -7.08. The van der Waals surface area contributed by atoms with Crippen LogP contribution in [0.15, 0.2) is 233 Å². The van der Waals surface area contributed by atoms with E-state index in [1.165, 1.54) is 62.1 Å². The molecule has 4 fully saturated rings. The fourth-order valence-corrected chi connectivity index (χ4v) is 22.3. The number of ketones is 1. The smallest absolute Gasteiger partial charge is 0.434 e. The lowest BCUT2D eigenvalue weighted by atomic mass is 10.0. The number of sulfonamides is 4. The second-order valence-corrected chi connectivity index (χ2v) is 40.6. The normalized spacial score (nSPS) is 18.6. The fourth-order valence-electron chi connectivity index (χ4n) is 15.5. The molecule has 0 spiro atoms. The number of amides is 3. The quantitative estimate of drug-likeness (QED) is 0.0261. The van der Waals surface area contributed by atoms with Crippen LogP contribution in [0.1, 0.15) is 89.9 Å². The lowest BCUT2D eigenvalue weighted by molar-refractivity contribution is -0.141. The van der Waals surface area contributed by atoms with Gasteiger partial charge in [-0.3, -0.25) is 29.1 Å². The summed E-state index contributed by atoms with van der Waals surface area (Å²) in [6.07, 6.45) is -16.3. The Morgan fingerprint density at radius 1 is 0.473 bits per heavy atom. The summed E-state index contributed by atoms with van der Waals surface area (Å²) in [4.78, 5) is 77.3. The van der Waals surface area contributed by atoms with Crippen LogP contribution in [0.4, 0.5) is 83.4 Å². The highest BCUT2D eigenvalue weighted by molar-refractivity contribution is 7.90. The number of pyridine rings is 3. The number of rotatable bonds is 28. The Morgan fingerprint density at radius 2 is 0.938 bits per heavy atom. The van der Waals surface area contributed by atoms with Crippen LogP contribution in [0.2, 0.25) is 5.15 Å². The second-order valence-electron chi connectivity index (χ2n) is 32.7. The molecular weight excluding hydrogens is 2080 g/mol. The predicted molar refractivity (Wildman–Crippen MR) is 480 cm³/mol. The van der Waals surface area contributed by atoms with Crippen LogP contribution in [0.5, 0.6) is 11.6 Å². The van der Waals surface area contributed by atoms with Crippen molar-refractivity contribution in [3.63, 3.8) is 0 Å². The number of nitrogens with zero attached hydrogens (tertiary/aromatic N) is 13. The summed E-state index contributed by atoms with van der Waals surface area (Å²) < 4.78 is 364. The molecule has 4 N–H and O–H groups in total. The zero-order valence-corrected chi connectivity index (χ0v) is 79.0. The second kappa shape index (κ2) is 46.0. The van der Waals surface area contributed by atoms with Gasteiger partial charge >= 0.3 is 12.4 Å². The zero-order chi connectivity index (χ0) is 106. The van der Waals surface area contributed by atoms with Gasteiger partial charge in [-0.1, -0.05) is 17.7 Å². The number of aromatic nitrogens is 9. The molecule has 8 atom stereocenters. The van der Waals surface area contributed by atoms with Crippen molar-refractivity contribution in [1.29, 1.82) is 0 Å². The summed E-state index contributed by atoms with van der Waals surface area (Å²) in [6, 6.07) is 26.2. The number of hydrogen-bond donors (Lipinski definition) is 4. The Balaban J connectivity index is 0.000000163. The van der Waals surface area contributed by atoms with Crippen LogP contribution in [-0.4, -0.2) is 206 Å². The maximum atomic E-state index is 14.2. The number of phenols is 1. The molecule has 4 saturated heterocycles. The number of aryl methyl sites for hydroxylation is 1. The Morgan fingerprint density at radius 3 is 1.37 bits per heavy atom. The van der Waals surface area contributed by atoms with Gasteiger partial charge in [0, 0.05) is 112 Å². The summed E-state index contributed by atoms with van der Waals surface area (Å²) in [5.41, 5.74) is -0.430. The minimum atomic E-state index is -4.66. The number of halogens is 20. The lowest BCUT2D eigenvalue weighted by Gasteiger charge is -2.23. The molecule has 0 unspecified atom stereocenters. The highest BCUT2D eigenvalue weighted by atomic mass is 35.5. The number of hydrogen-bond acceptors (Lipinski definition) is 22. The zero-order valence-electron chi connectivity index (χ0n) is 74.9. The first kappa shape index (κ1) is 110. The van der Waals surface area contributed by atoms with Crippen molar-refractivity contribution < 1.29 is 146 Å². The average Bonchev–Trinajstić information content (AvgIpc) is 1.63. The van der Waals surface area contributed by atoms with Crippen molar-refractivity contribution in [2.45, 2.75) is 152 Å². The van der Waals surface area contributed by atoms with Gasteiger partial charge in [0.1, 0.15) is 94.8 Å². The van der Waals surface area contributed by atoms with Crippen molar-refractivity contribution >= 4 is 75.2 Å². The fraction of sp³-hybridized carbons (Fsp3) is 0.283. The molecule has 6 aromatic carbocycles. The minimum Gasteiger partial charge on any atom is -0.507 e. The van der Waals surface area contributed by atoms with E-state index >= 15 is 0 Å². The van der Waals surface area contributed by atoms with Gasteiger partial charge in [0.2, 0.25) is 63.7 Å². The van der Waals surface area contributed by atoms with Crippen LogP contribution >= 0.6 is 11.6 Å². The van der Waals surface area contributed by atoms with Crippen molar-refractivity contribution in [2.75, 3.05) is 33.3 Å². The Bertz CT molecular complexity index is 7230. The van der Waals surface area contributed by atoms with Gasteiger partial charge in [-0.15, -0.1) is 5.10 Å². The van der Waals surface area contributed by atoms with Crippen molar-refractivity contribution in [1.82, 2.24) is 77.8 Å². The van der Waals surface area contributed by atoms with Crippen molar-refractivity contribution in [2.24, 2.45) is 0 Å². The van der Waals surface area contributed by atoms with E-state index in [1.54, 1.807) is 6.07 Å². The first-order valence-electron chi connectivity index (χ1n) is 43.1. The van der Waals surface area contributed by atoms with E-state index in [0.717, 1.165) is 162 Å². The number of carbonyl (C=O) groups excluding carboxylic acids is 4. The van der Waals surface area contributed by atoms with Gasteiger partial charge < -0.3 is 25.8 Å². The molecule has 146 heavy (non-hydrogen) atoms. The van der Waals surface area contributed by atoms with Crippen LogP contribution in [-0.2, 0) is 97.7 Å². The molecule has 54 heteroatoms. The molecule has 12 aromatic rings. The number of phenolic OH excluding ortho intramolecular Hbond substituents is 1. The number of ether oxygens (including phenoxy) is 1. The minimum absolute atomic E-state index is 0.0218. The molecular formula is C92H78ClF19N16O14S4. The monoisotopic (exact) mass is 2150 g/mol. The molecule has 16 rings (SSSR count). The number of Topliss-reactive ketones (excluding diaryl/α,β-unsaturated/α-hetero) is 1. The molecule has 6 aromatic heterocycles. The average molecular weight is 2160 g/mol. The molecule has 0 bridgehead atoms. The lowest BCUT2D eigenvalue weighted by Crippen LogP contribution is -2.45. The number of methoxy groups -OCH3 is 1. The molecule has 4 aliphatic rings. The van der Waals surface area contributed by atoms with E-state index in [2.05, 4.69) is 55.9 Å². The van der Waals surface area contributed by atoms with Crippen LogP contribution < -0.4 is 20.7 Å². The third-order valence-electron chi connectivity index (χ3n) is 22.7. The molecule has 0 saturated carbocycles. The summed E-state index contributed by atoms with van der Waals surface area (Å²) in [7, 11) is -15.8. The molecule has 0 aliphatic carbocycles. The van der Waals surface area contributed by atoms with Crippen molar-refractivity contribution in [3.8, 4) is 51.2 Å². The summed E-state index contributed by atoms with van der Waals surface area (Å²) in [5, 5.41) is 21.8. The maximum Gasteiger partial charge on any atom is 0.434 e. The van der Waals surface area contributed by atoms with Crippen LogP contribution in [0, 0.1) is 29.1 Å². The number of aromatic hydroxyl groups is 1. The van der Waals surface area contributed by atoms with E-state index in [0.29, 0.717) is 40.2 Å². The van der Waals surface area contributed by atoms with E-state index in [-0.39, 0.29) is 123 Å². The molecule has 10 heterocycles. The Kier molecular flexibility index (Phi) is 34.6. The Hall–Kier alpha value is -13.6. The molecule has 0 radical (unpaired) electrons. The molecule has 3 amide bonds. The molecule has 4 aliphatic heterocycles. The maximum absolute atomic E-state index is 14.2. The topological polar surface area (TPSA) is 391 Å². The number of alkyl halides is 14. The van der Waals surface area contributed by atoms with Crippen LogP contribution in [0.3, 0.4) is 0 Å². The highest BCUT2D eigenvalue weighted by Gasteiger charge is 2.49. The van der Waals surface area contributed by atoms with Crippen molar-refractivity contribution in [3.05, 3.63) is 292 Å². The van der Waals surface area contributed by atoms with E-state index in [1.807, 2.05) is 0 Å². The van der Waals surface area contributed by atoms with E-state index in [9.17, 15) is 141 Å². The Labute approximate surface area is 823 Å². The summed E-state index contributed by atoms with van der Waals surface area (Å²) >= 11 is 6.08. The first-order chi connectivity index (χ1) is 68.8. The highest BCUT2D eigenvalue weighted by Crippen LogP contribution is 2.40. The number of benzene rings is 6. The largest absolute Gasteiger partial charge is 0.507 e. The molecule has 774 valence electrons. The summed E-state index contributed by atoms with van der Waals surface area (Å²) in [6.45, 7) is -2.50. The van der Waals surface area contributed by atoms with Crippen LogP contribution in [0.25, 0.3) is 39.6 Å². The van der Waals surface area contributed by atoms with Gasteiger partial charge in [0.25, 0.3) is 12.9 Å². The van der Waals surface area contributed by atoms with E-state index < -0.39 is 221 Å². The first-order valence-corrected chi connectivity index (χ1v) is 49.2. The SMILES string of the molecule is COc1nn(-c2cnc(C(F)(F)F)cn2)cc1CCC(=O)[C@@H]1C[C@@H](F)CN1S(=O)(=O)c1ccc(F)cc1.O=C(NCc1cc(-c2ccc(C(F)F)c(F)c2)ncn1)[C@@H]1C[C@@H](F)CN1S(=O)(=O)c1ccc(F)cc1.O=C(NCc1cc(Cl)nc(-c2ccc(C(F)F)nc2)c1)[C@@H]1C[C@@H](F)CN1S(=O)(=O)c1ccc(F)cc1.O=C(NCc1ccnc(-c2ccc(C(F)(F)F)cc2O)c1)[C@@H]1C[C@@H](F)CN1S(=O)(=O)c1ccc(F)cc1. The van der Waals surface area contributed by atoms with Gasteiger partial charge in [0.05, 0.1) is 85.6 Å².